The van der Waals surface area contributed by atoms with Crippen molar-refractivity contribution in [2.45, 2.75) is 31.2 Å². The Balaban J connectivity index is 1.85. The third-order valence-corrected chi connectivity index (χ3v) is 7.78. The molecule has 12 heteroatoms. The van der Waals surface area contributed by atoms with Crippen molar-refractivity contribution in [2.75, 3.05) is 20.1 Å². The number of rotatable bonds is 9. The number of carbonyl (C=O) groups excluding carboxylic acids is 1. The predicted molar refractivity (Wildman–Crippen MR) is 128 cm³/mol. The average Bonchev–Trinajstić information content (AvgIpc) is 2.80. The standard InChI is InChI=1S/C23H26N4O7S/c1-15-8-10-19(11-9-15)35(33,34)25(3)12-5-13-26-21(17-6-4-7-18(14-17)27(31)32)20(22(28)29)16(2)24-23(26)30/h4,6-11,14,20-21H,5,12-13H2,1-3H3,(H,28,29). The lowest BCUT2D eigenvalue weighted by Gasteiger charge is -2.38. The molecule has 0 bridgehead atoms. The molecule has 0 saturated heterocycles. The van der Waals surface area contributed by atoms with E-state index in [1.54, 1.807) is 12.1 Å². The average molecular weight is 503 g/mol. The van der Waals surface area contributed by atoms with Gasteiger partial charge in [-0.15, -0.1) is 0 Å². The number of aryl methyl sites for hydroxylation is 1. The van der Waals surface area contributed by atoms with E-state index in [0.717, 1.165) is 9.87 Å². The molecule has 186 valence electrons. The number of nitrogens with zero attached hydrogens (tertiary/aromatic N) is 4. The Morgan fingerprint density at radius 3 is 2.46 bits per heavy atom. The van der Waals surface area contributed by atoms with Crippen molar-refractivity contribution < 1.29 is 28.0 Å². The van der Waals surface area contributed by atoms with Crippen molar-refractivity contribution in [3.05, 3.63) is 69.8 Å². The molecule has 1 aliphatic rings. The second-order valence-corrected chi connectivity index (χ2v) is 10.4. The van der Waals surface area contributed by atoms with E-state index in [2.05, 4.69) is 4.99 Å². The summed E-state index contributed by atoms with van der Waals surface area (Å²) in [6.07, 6.45) is 0.194. The molecule has 2 amide bonds. The first kappa shape index (κ1) is 26.0. The summed E-state index contributed by atoms with van der Waals surface area (Å²) in [5.74, 6) is -2.43. The Hall–Kier alpha value is -3.64. The monoisotopic (exact) mass is 502 g/mol. The van der Waals surface area contributed by atoms with Gasteiger partial charge in [-0.05, 0) is 38.0 Å². The van der Waals surface area contributed by atoms with Gasteiger partial charge in [0.1, 0.15) is 5.92 Å². The number of benzene rings is 2. The number of urea groups is 1. The topological polar surface area (TPSA) is 150 Å². The van der Waals surface area contributed by atoms with Crippen LogP contribution in [0.3, 0.4) is 0 Å². The molecule has 1 aliphatic heterocycles. The van der Waals surface area contributed by atoms with Gasteiger partial charge in [0.25, 0.3) is 5.69 Å². The smallest absolute Gasteiger partial charge is 0.344 e. The Morgan fingerprint density at radius 1 is 1.20 bits per heavy atom. The summed E-state index contributed by atoms with van der Waals surface area (Å²) in [5, 5.41) is 21.1. The number of nitro groups is 1. The normalized spacial score (nSPS) is 18.5. The molecular formula is C23H26N4O7S. The summed E-state index contributed by atoms with van der Waals surface area (Å²) >= 11 is 0. The molecular weight excluding hydrogens is 476 g/mol. The molecule has 1 N–H and O–H groups in total. The van der Waals surface area contributed by atoms with Crippen LogP contribution in [-0.2, 0) is 14.8 Å². The van der Waals surface area contributed by atoms with Crippen molar-refractivity contribution in [1.29, 1.82) is 0 Å². The number of non-ortho nitro benzene ring substituents is 1. The number of aliphatic imine (C=N–C) groups is 1. The van der Waals surface area contributed by atoms with Crippen LogP contribution in [0.1, 0.15) is 30.5 Å². The van der Waals surface area contributed by atoms with Gasteiger partial charge in [0, 0.05) is 38.0 Å². The maximum atomic E-state index is 12.8. The fourth-order valence-corrected chi connectivity index (χ4v) is 5.24. The van der Waals surface area contributed by atoms with Gasteiger partial charge >= 0.3 is 12.0 Å². The third-order valence-electron chi connectivity index (χ3n) is 5.91. The van der Waals surface area contributed by atoms with E-state index >= 15 is 0 Å². The van der Waals surface area contributed by atoms with Crippen molar-refractivity contribution >= 4 is 33.4 Å². The maximum Gasteiger partial charge on any atom is 0.344 e. The van der Waals surface area contributed by atoms with Crippen molar-refractivity contribution in [3.63, 3.8) is 0 Å². The van der Waals surface area contributed by atoms with Crippen LogP contribution in [0, 0.1) is 23.0 Å². The molecule has 0 spiro atoms. The molecule has 0 aromatic heterocycles. The zero-order valence-electron chi connectivity index (χ0n) is 19.5. The summed E-state index contributed by atoms with van der Waals surface area (Å²) in [7, 11) is -2.33. The molecule has 0 saturated carbocycles. The number of carbonyl (C=O) groups is 2. The van der Waals surface area contributed by atoms with E-state index in [1.807, 2.05) is 6.92 Å². The lowest BCUT2D eigenvalue weighted by atomic mass is 9.86. The summed E-state index contributed by atoms with van der Waals surface area (Å²) in [5.41, 5.74) is 1.07. The fourth-order valence-electron chi connectivity index (χ4n) is 4.03. The van der Waals surface area contributed by atoms with Gasteiger partial charge in [-0.1, -0.05) is 29.8 Å². The largest absolute Gasteiger partial charge is 0.481 e. The minimum Gasteiger partial charge on any atom is -0.481 e. The van der Waals surface area contributed by atoms with Crippen LogP contribution in [0.25, 0.3) is 0 Å². The second-order valence-electron chi connectivity index (χ2n) is 8.34. The number of hydrogen-bond donors (Lipinski definition) is 1. The van der Waals surface area contributed by atoms with Gasteiger partial charge < -0.3 is 10.0 Å². The van der Waals surface area contributed by atoms with Crippen LogP contribution in [0.5, 0.6) is 0 Å². The lowest BCUT2D eigenvalue weighted by molar-refractivity contribution is -0.385. The molecule has 0 fully saturated rings. The Morgan fingerprint density at radius 2 is 1.86 bits per heavy atom. The highest BCUT2D eigenvalue weighted by Gasteiger charge is 2.42. The summed E-state index contributed by atoms with van der Waals surface area (Å²) < 4.78 is 26.9. The zero-order valence-corrected chi connectivity index (χ0v) is 20.3. The lowest BCUT2D eigenvalue weighted by Crippen LogP contribution is -2.47. The second kappa shape index (κ2) is 10.3. The first-order valence-electron chi connectivity index (χ1n) is 10.8. The molecule has 2 aromatic carbocycles. The van der Waals surface area contributed by atoms with Gasteiger partial charge in [0.15, 0.2) is 0 Å². The zero-order chi connectivity index (χ0) is 25.9. The number of carboxylic acids is 1. The van der Waals surface area contributed by atoms with Crippen LogP contribution in [0.2, 0.25) is 0 Å². The van der Waals surface area contributed by atoms with E-state index in [-0.39, 0.29) is 41.4 Å². The highest BCUT2D eigenvalue weighted by Crippen LogP contribution is 2.35. The number of amides is 2. The molecule has 0 aliphatic carbocycles. The van der Waals surface area contributed by atoms with Gasteiger partial charge in [-0.25, -0.2) is 22.5 Å². The minimum atomic E-state index is -3.75. The number of hydrogen-bond acceptors (Lipinski definition) is 6. The summed E-state index contributed by atoms with van der Waals surface area (Å²) in [6.45, 7) is 3.34. The van der Waals surface area contributed by atoms with E-state index < -0.39 is 38.9 Å². The van der Waals surface area contributed by atoms with Crippen LogP contribution in [-0.4, -0.2) is 65.5 Å². The first-order valence-corrected chi connectivity index (χ1v) is 12.2. The van der Waals surface area contributed by atoms with Crippen LogP contribution >= 0.6 is 0 Å². The number of nitro benzene ring substituents is 1. The van der Waals surface area contributed by atoms with E-state index in [1.165, 1.54) is 55.3 Å². The molecule has 2 aromatic rings. The van der Waals surface area contributed by atoms with Crippen molar-refractivity contribution in [2.24, 2.45) is 10.9 Å². The highest BCUT2D eigenvalue weighted by molar-refractivity contribution is 7.89. The summed E-state index contributed by atoms with van der Waals surface area (Å²) in [6, 6.07) is 10.2. The molecule has 2 unspecified atom stereocenters. The molecule has 2 atom stereocenters. The quantitative estimate of drug-likeness (QED) is 0.408. The maximum absolute atomic E-state index is 12.8. The van der Waals surface area contributed by atoms with E-state index in [9.17, 15) is 33.2 Å². The van der Waals surface area contributed by atoms with Gasteiger partial charge in [0.05, 0.1) is 15.9 Å². The number of aliphatic carboxylic acids is 1. The first-order chi connectivity index (χ1) is 16.4. The Kier molecular flexibility index (Phi) is 7.66. The number of sulfonamides is 1. The summed E-state index contributed by atoms with van der Waals surface area (Å²) in [4.78, 5) is 40.8. The minimum absolute atomic E-state index is 0.000506. The van der Waals surface area contributed by atoms with Crippen LogP contribution in [0.4, 0.5) is 10.5 Å². The Bertz CT molecular complexity index is 1280. The van der Waals surface area contributed by atoms with E-state index in [0.29, 0.717) is 0 Å². The number of carboxylic acid groups (broad SMARTS) is 1. The molecule has 1 heterocycles. The van der Waals surface area contributed by atoms with Crippen molar-refractivity contribution in [3.8, 4) is 0 Å². The van der Waals surface area contributed by atoms with Crippen LogP contribution < -0.4 is 0 Å². The Labute approximate surface area is 202 Å². The predicted octanol–water partition coefficient (Wildman–Crippen LogP) is 3.25. The van der Waals surface area contributed by atoms with Gasteiger partial charge in [0.2, 0.25) is 10.0 Å². The van der Waals surface area contributed by atoms with E-state index in [4.69, 9.17) is 0 Å². The molecule has 3 rings (SSSR count). The third kappa shape index (κ3) is 5.54. The molecule has 0 radical (unpaired) electrons. The van der Waals surface area contributed by atoms with Crippen molar-refractivity contribution in [1.82, 2.24) is 9.21 Å². The SMILES string of the molecule is CC1=NC(=O)N(CCCN(C)S(=O)(=O)c2ccc(C)cc2)C(c2cccc([N+](=O)[O-])c2)C1C(=O)O. The fraction of sp³-hybridized carbons (Fsp3) is 0.348. The van der Waals surface area contributed by atoms with Gasteiger partial charge in [-0.2, -0.15) is 0 Å². The molecule has 11 nitrogen and oxygen atoms in total. The highest BCUT2D eigenvalue weighted by atomic mass is 32.2. The van der Waals surface area contributed by atoms with Crippen LogP contribution in [0.15, 0.2) is 58.4 Å². The molecule has 35 heavy (non-hydrogen) atoms. The van der Waals surface area contributed by atoms with Gasteiger partial charge in [-0.3, -0.25) is 14.9 Å².